The van der Waals surface area contributed by atoms with Gasteiger partial charge in [0.2, 0.25) is 0 Å². The maximum absolute atomic E-state index is 5.34. The predicted molar refractivity (Wildman–Crippen MR) is 97.3 cm³/mol. The van der Waals surface area contributed by atoms with Gasteiger partial charge in [-0.3, -0.25) is 0 Å². The number of anilines is 2. The summed E-state index contributed by atoms with van der Waals surface area (Å²) in [5.41, 5.74) is 1.48. The van der Waals surface area contributed by atoms with Gasteiger partial charge in [-0.1, -0.05) is 6.07 Å². The van der Waals surface area contributed by atoms with Crippen LogP contribution in [0.3, 0.4) is 0 Å². The second-order valence-electron chi connectivity index (χ2n) is 5.40. The van der Waals surface area contributed by atoms with Crippen molar-refractivity contribution in [2.45, 2.75) is 0 Å². The number of nitrogens with one attached hydrogen (secondary N) is 1. The number of pyridine rings is 1. The third kappa shape index (κ3) is 2.77. The van der Waals surface area contributed by atoms with E-state index < -0.39 is 0 Å². The van der Waals surface area contributed by atoms with Crippen LogP contribution in [0.25, 0.3) is 16.9 Å². The van der Waals surface area contributed by atoms with E-state index in [2.05, 4.69) is 25.4 Å². The van der Waals surface area contributed by atoms with Gasteiger partial charge in [0, 0.05) is 18.0 Å². The van der Waals surface area contributed by atoms with Gasteiger partial charge in [0.05, 0.1) is 25.8 Å². The van der Waals surface area contributed by atoms with E-state index in [-0.39, 0.29) is 0 Å². The van der Waals surface area contributed by atoms with E-state index >= 15 is 0 Å². The molecule has 130 valence electrons. The largest absolute Gasteiger partial charge is 0.493 e. The highest BCUT2D eigenvalue weighted by molar-refractivity contribution is 5.89. The number of rotatable bonds is 5. The molecule has 0 atom stereocenters. The number of nitrogens with zero attached hydrogens (tertiary/aromatic N) is 5. The Morgan fingerprint density at radius 3 is 2.62 bits per heavy atom. The SMILES string of the molecule is COc1ccc(Nc2ncnc3c2cnn3-c2ccccn2)cc1OC. The molecule has 0 unspecified atom stereocenters. The summed E-state index contributed by atoms with van der Waals surface area (Å²) in [7, 11) is 3.20. The lowest BCUT2D eigenvalue weighted by Gasteiger charge is -2.11. The van der Waals surface area contributed by atoms with Gasteiger partial charge in [0.15, 0.2) is 23.0 Å². The van der Waals surface area contributed by atoms with Crippen molar-refractivity contribution >= 4 is 22.5 Å². The van der Waals surface area contributed by atoms with Crippen molar-refractivity contribution in [3.8, 4) is 17.3 Å². The smallest absolute Gasteiger partial charge is 0.170 e. The minimum atomic E-state index is 0.631. The number of aromatic nitrogens is 5. The van der Waals surface area contributed by atoms with Gasteiger partial charge in [-0.2, -0.15) is 9.78 Å². The highest BCUT2D eigenvalue weighted by Crippen LogP contribution is 2.32. The Balaban J connectivity index is 1.73. The number of hydrogen-bond acceptors (Lipinski definition) is 7. The van der Waals surface area contributed by atoms with Crippen LogP contribution < -0.4 is 14.8 Å². The molecule has 3 aromatic heterocycles. The molecule has 3 heterocycles. The standard InChI is InChI=1S/C18H16N6O2/c1-25-14-7-6-12(9-15(14)26-2)23-17-13-10-22-24(18(13)21-11-20-17)16-5-3-4-8-19-16/h3-11H,1-2H3,(H,20,21,23). The van der Waals surface area contributed by atoms with E-state index in [1.807, 2.05) is 36.4 Å². The van der Waals surface area contributed by atoms with Gasteiger partial charge in [-0.25, -0.2) is 15.0 Å². The van der Waals surface area contributed by atoms with E-state index in [1.165, 1.54) is 6.33 Å². The topological polar surface area (TPSA) is 87.0 Å². The number of fused-ring (bicyclic) bond motifs is 1. The van der Waals surface area contributed by atoms with E-state index in [9.17, 15) is 0 Å². The van der Waals surface area contributed by atoms with Gasteiger partial charge < -0.3 is 14.8 Å². The van der Waals surface area contributed by atoms with Crippen molar-refractivity contribution in [2.24, 2.45) is 0 Å². The summed E-state index contributed by atoms with van der Waals surface area (Å²) in [6, 6.07) is 11.2. The average Bonchev–Trinajstić information content (AvgIpc) is 3.14. The molecule has 0 radical (unpaired) electrons. The lowest BCUT2D eigenvalue weighted by Crippen LogP contribution is -2.01. The quantitative estimate of drug-likeness (QED) is 0.593. The fourth-order valence-electron chi connectivity index (χ4n) is 2.64. The molecule has 0 aliphatic rings. The molecule has 1 aromatic carbocycles. The maximum Gasteiger partial charge on any atom is 0.170 e. The predicted octanol–water partition coefficient (Wildman–Crippen LogP) is 2.97. The maximum atomic E-state index is 5.34. The summed E-state index contributed by atoms with van der Waals surface area (Å²) < 4.78 is 12.3. The van der Waals surface area contributed by atoms with Gasteiger partial charge in [0.1, 0.15) is 12.1 Å². The molecule has 0 bridgehead atoms. The van der Waals surface area contributed by atoms with E-state index in [1.54, 1.807) is 31.3 Å². The van der Waals surface area contributed by atoms with Crippen molar-refractivity contribution in [3.63, 3.8) is 0 Å². The van der Waals surface area contributed by atoms with Crippen LogP contribution in [0.5, 0.6) is 11.5 Å². The van der Waals surface area contributed by atoms with Crippen LogP contribution in [-0.4, -0.2) is 39.0 Å². The molecule has 8 heteroatoms. The summed E-state index contributed by atoms with van der Waals surface area (Å²) in [4.78, 5) is 13.0. The van der Waals surface area contributed by atoms with Crippen LogP contribution in [0.4, 0.5) is 11.5 Å². The van der Waals surface area contributed by atoms with Gasteiger partial charge in [-0.15, -0.1) is 0 Å². The van der Waals surface area contributed by atoms with Gasteiger partial charge >= 0.3 is 0 Å². The molecule has 4 rings (SSSR count). The molecule has 8 nitrogen and oxygen atoms in total. The van der Waals surface area contributed by atoms with Crippen molar-refractivity contribution < 1.29 is 9.47 Å². The molecule has 26 heavy (non-hydrogen) atoms. The highest BCUT2D eigenvalue weighted by Gasteiger charge is 2.12. The highest BCUT2D eigenvalue weighted by atomic mass is 16.5. The number of ether oxygens (including phenoxy) is 2. The van der Waals surface area contributed by atoms with E-state index in [0.717, 1.165) is 11.1 Å². The zero-order valence-corrected chi connectivity index (χ0v) is 14.2. The number of benzene rings is 1. The molecular weight excluding hydrogens is 332 g/mol. The molecule has 4 aromatic rings. The molecule has 0 saturated carbocycles. The zero-order chi connectivity index (χ0) is 17.9. The third-order valence-electron chi connectivity index (χ3n) is 3.88. The lowest BCUT2D eigenvalue weighted by molar-refractivity contribution is 0.355. The van der Waals surface area contributed by atoms with Crippen molar-refractivity contribution in [1.82, 2.24) is 24.7 Å². The Morgan fingerprint density at radius 2 is 1.85 bits per heavy atom. The van der Waals surface area contributed by atoms with Crippen molar-refractivity contribution in [1.29, 1.82) is 0 Å². The summed E-state index contributed by atoms with van der Waals surface area (Å²) in [5.74, 6) is 2.63. The van der Waals surface area contributed by atoms with Crippen LogP contribution in [0.2, 0.25) is 0 Å². The molecule has 0 saturated heterocycles. The zero-order valence-electron chi connectivity index (χ0n) is 14.2. The lowest BCUT2D eigenvalue weighted by atomic mass is 10.2. The van der Waals surface area contributed by atoms with Crippen LogP contribution in [0.1, 0.15) is 0 Å². The second-order valence-corrected chi connectivity index (χ2v) is 5.40. The van der Waals surface area contributed by atoms with Crippen molar-refractivity contribution in [2.75, 3.05) is 19.5 Å². The summed E-state index contributed by atoms with van der Waals surface area (Å²) in [5, 5.41) is 8.46. The van der Waals surface area contributed by atoms with Crippen LogP contribution in [-0.2, 0) is 0 Å². The molecule has 0 fully saturated rings. The molecule has 0 spiro atoms. The van der Waals surface area contributed by atoms with Crippen LogP contribution in [0, 0.1) is 0 Å². The first kappa shape index (κ1) is 15.8. The van der Waals surface area contributed by atoms with Crippen LogP contribution in [0.15, 0.2) is 55.1 Å². The molecular formula is C18H16N6O2. The minimum Gasteiger partial charge on any atom is -0.493 e. The number of methoxy groups -OCH3 is 2. The fourth-order valence-corrected chi connectivity index (χ4v) is 2.64. The minimum absolute atomic E-state index is 0.631. The molecule has 0 aliphatic carbocycles. The Hall–Kier alpha value is -3.68. The van der Waals surface area contributed by atoms with Crippen molar-refractivity contribution in [3.05, 3.63) is 55.1 Å². The van der Waals surface area contributed by atoms with Crippen LogP contribution >= 0.6 is 0 Å². The normalized spacial score (nSPS) is 10.7. The summed E-state index contributed by atoms with van der Waals surface area (Å²) in [6.07, 6.45) is 4.92. The Labute approximate surface area is 149 Å². The molecule has 0 aliphatic heterocycles. The summed E-state index contributed by atoms with van der Waals surface area (Å²) >= 11 is 0. The van der Waals surface area contributed by atoms with E-state index in [0.29, 0.717) is 28.8 Å². The van der Waals surface area contributed by atoms with E-state index in [4.69, 9.17) is 9.47 Å². The van der Waals surface area contributed by atoms with Gasteiger partial charge in [0.25, 0.3) is 0 Å². The Kier molecular flexibility index (Phi) is 4.06. The average molecular weight is 348 g/mol. The first-order valence-electron chi connectivity index (χ1n) is 7.89. The Bertz CT molecular complexity index is 1050. The second kappa shape index (κ2) is 6.67. The monoisotopic (exact) mass is 348 g/mol. The first-order chi connectivity index (χ1) is 12.8. The first-order valence-corrected chi connectivity index (χ1v) is 7.89. The van der Waals surface area contributed by atoms with Gasteiger partial charge in [-0.05, 0) is 24.3 Å². The fraction of sp³-hybridized carbons (Fsp3) is 0.111. The Morgan fingerprint density at radius 1 is 0.962 bits per heavy atom. The molecule has 0 amide bonds. The third-order valence-corrected chi connectivity index (χ3v) is 3.88. The summed E-state index contributed by atoms with van der Waals surface area (Å²) in [6.45, 7) is 0. The number of hydrogen-bond donors (Lipinski definition) is 1. The molecule has 1 N–H and O–H groups in total.